The zero-order chi connectivity index (χ0) is 29.2. The first kappa shape index (κ1) is 29.4. The normalized spacial score (nSPS) is 11.8. The molecular formula is C34H33N3O3S. The van der Waals surface area contributed by atoms with Gasteiger partial charge in [-0.25, -0.2) is 0 Å². The molecule has 41 heavy (non-hydrogen) atoms. The molecule has 4 rings (SSSR count). The summed E-state index contributed by atoms with van der Waals surface area (Å²) in [6.45, 7) is 5.94. The van der Waals surface area contributed by atoms with E-state index in [9.17, 15) is 14.4 Å². The lowest BCUT2D eigenvalue weighted by Gasteiger charge is -2.17. The van der Waals surface area contributed by atoms with Gasteiger partial charge in [0.05, 0.1) is 5.25 Å². The summed E-state index contributed by atoms with van der Waals surface area (Å²) in [5.41, 5.74) is 4.78. The fourth-order valence-corrected chi connectivity index (χ4v) is 5.09. The predicted molar refractivity (Wildman–Crippen MR) is 168 cm³/mol. The van der Waals surface area contributed by atoms with Gasteiger partial charge in [-0.05, 0) is 79.4 Å². The van der Waals surface area contributed by atoms with Crippen LogP contribution < -0.4 is 16.0 Å². The Morgan fingerprint density at radius 1 is 0.805 bits per heavy atom. The van der Waals surface area contributed by atoms with Gasteiger partial charge in [0.1, 0.15) is 5.70 Å². The maximum absolute atomic E-state index is 13.4. The molecular weight excluding hydrogens is 530 g/mol. The summed E-state index contributed by atoms with van der Waals surface area (Å²) in [7, 11) is 0. The minimum Gasteiger partial charge on any atom is -0.325 e. The first-order valence-corrected chi connectivity index (χ1v) is 14.3. The van der Waals surface area contributed by atoms with E-state index in [2.05, 4.69) is 16.0 Å². The quantitative estimate of drug-likeness (QED) is 0.140. The van der Waals surface area contributed by atoms with E-state index in [1.54, 1.807) is 36.4 Å². The van der Waals surface area contributed by atoms with Crippen LogP contribution in [0.2, 0.25) is 0 Å². The second-order valence-electron chi connectivity index (χ2n) is 9.59. The summed E-state index contributed by atoms with van der Waals surface area (Å²) in [5.74, 6) is -0.912. The highest BCUT2D eigenvalue weighted by Gasteiger charge is 2.20. The van der Waals surface area contributed by atoms with Gasteiger partial charge in [-0.2, -0.15) is 0 Å². The average Bonchev–Trinajstić information content (AvgIpc) is 2.98. The van der Waals surface area contributed by atoms with Gasteiger partial charge < -0.3 is 16.0 Å². The topological polar surface area (TPSA) is 87.3 Å². The molecule has 0 aromatic heterocycles. The molecule has 0 heterocycles. The summed E-state index contributed by atoms with van der Waals surface area (Å²) in [6, 6.07) is 31.4. The fraction of sp³-hybridized carbons (Fsp3) is 0.147. The van der Waals surface area contributed by atoms with Crippen molar-refractivity contribution in [2.45, 2.75) is 37.3 Å². The number of amides is 3. The van der Waals surface area contributed by atoms with E-state index in [1.165, 1.54) is 11.8 Å². The summed E-state index contributed by atoms with van der Waals surface area (Å²) in [5, 5.41) is 8.40. The molecule has 0 aliphatic carbocycles. The predicted octanol–water partition coefficient (Wildman–Crippen LogP) is 7.22. The SMILES string of the molecule is CCC(Sc1cccc(NC(=O)/C(=C/c2ccccc2)NC(=O)c2ccccc2)c1)C(=O)Nc1cc(C)ccc1C. The number of anilines is 2. The lowest BCUT2D eigenvalue weighted by atomic mass is 10.1. The Hall–Kier alpha value is -4.62. The molecule has 0 saturated heterocycles. The minimum absolute atomic E-state index is 0.0719. The monoisotopic (exact) mass is 563 g/mol. The van der Waals surface area contributed by atoms with E-state index < -0.39 is 5.91 Å². The maximum Gasteiger partial charge on any atom is 0.272 e. The van der Waals surface area contributed by atoms with Gasteiger partial charge in [-0.3, -0.25) is 14.4 Å². The molecule has 4 aromatic carbocycles. The summed E-state index contributed by atoms with van der Waals surface area (Å²) in [6.07, 6.45) is 2.27. The Morgan fingerprint density at radius 3 is 2.22 bits per heavy atom. The standard InChI is InChI=1S/C34H33N3O3S/c1-4-31(34(40)36-29-20-23(2)18-19-24(29)3)41-28-17-11-16-27(22-28)35-33(39)30(21-25-12-7-5-8-13-25)37-32(38)26-14-9-6-10-15-26/h5-22,31H,4H2,1-3H3,(H,35,39)(H,36,40)(H,37,38)/b30-21-. The van der Waals surface area contributed by atoms with Crippen molar-refractivity contribution in [2.24, 2.45) is 0 Å². The van der Waals surface area contributed by atoms with E-state index in [4.69, 9.17) is 0 Å². The number of rotatable bonds is 10. The zero-order valence-corrected chi connectivity index (χ0v) is 24.1. The molecule has 0 aliphatic rings. The van der Waals surface area contributed by atoms with Crippen LogP contribution in [-0.2, 0) is 9.59 Å². The van der Waals surface area contributed by atoms with Crippen LogP contribution in [-0.4, -0.2) is 23.0 Å². The second kappa shape index (κ2) is 14.1. The van der Waals surface area contributed by atoms with Crippen molar-refractivity contribution in [1.82, 2.24) is 5.32 Å². The first-order valence-electron chi connectivity index (χ1n) is 13.4. The van der Waals surface area contributed by atoms with Crippen LogP contribution in [0.5, 0.6) is 0 Å². The second-order valence-corrected chi connectivity index (χ2v) is 10.9. The van der Waals surface area contributed by atoms with Crippen molar-refractivity contribution in [1.29, 1.82) is 0 Å². The third kappa shape index (κ3) is 8.43. The molecule has 3 amide bonds. The van der Waals surface area contributed by atoms with E-state index in [0.717, 1.165) is 27.3 Å². The highest BCUT2D eigenvalue weighted by molar-refractivity contribution is 8.00. The van der Waals surface area contributed by atoms with Gasteiger partial charge >= 0.3 is 0 Å². The van der Waals surface area contributed by atoms with E-state index in [0.29, 0.717) is 17.7 Å². The van der Waals surface area contributed by atoms with Gasteiger partial charge in [0, 0.05) is 21.8 Å². The van der Waals surface area contributed by atoms with Gasteiger partial charge in [-0.15, -0.1) is 11.8 Å². The van der Waals surface area contributed by atoms with Crippen LogP contribution >= 0.6 is 11.8 Å². The van der Waals surface area contributed by atoms with Crippen molar-refractivity contribution in [2.75, 3.05) is 10.6 Å². The first-order chi connectivity index (χ1) is 19.8. The Bertz CT molecular complexity index is 1550. The lowest BCUT2D eigenvalue weighted by molar-refractivity contribution is -0.116. The van der Waals surface area contributed by atoms with Crippen LogP contribution in [0.1, 0.15) is 40.4 Å². The van der Waals surface area contributed by atoms with Crippen molar-refractivity contribution in [3.05, 3.63) is 131 Å². The lowest BCUT2D eigenvalue weighted by Crippen LogP contribution is -2.30. The fourth-order valence-electron chi connectivity index (χ4n) is 4.07. The zero-order valence-electron chi connectivity index (χ0n) is 23.3. The number of hydrogen-bond acceptors (Lipinski definition) is 4. The molecule has 0 bridgehead atoms. The Morgan fingerprint density at radius 2 is 1.51 bits per heavy atom. The van der Waals surface area contributed by atoms with E-state index >= 15 is 0 Å². The van der Waals surface area contributed by atoms with Gasteiger partial charge in [-0.1, -0.05) is 73.7 Å². The smallest absolute Gasteiger partial charge is 0.272 e. The number of carbonyl (C=O) groups excluding carboxylic acids is 3. The van der Waals surface area contributed by atoms with Crippen LogP contribution in [0.3, 0.4) is 0 Å². The average molecular weight is 564 g/mol. The summed E-state index contributed by atoms with van der Waals surface area (Å²) in [4.78, 5) is 40.2. The molecule has 0 radical (unpaired) electrons. The van der Waals surface area contributed by atoms with Gasteiger partial charge in [0.15, 0.2) is 0 Å². The number of thioether (sulfide) groups is 1. The molecule has 0 saturated carbocycles. The van der Waals surface area contributed by atoms with Gasteiger partial charge in [0.2, 0.25) is 5.91 Å². The molecule has 1 unspecified atom stereocenters. The number of hydrogen-bond donors (Lipinski definition) is 3. The summed E-state index contributed by atoms with van der Waals surface area (Å²) >= 11 is 1.44. The number of benzene rings is 4. The minimum atomic E-state index is -0.458. The Balaban J connectivity index is 1.49. The summed E-state index contributed by atoms with van der Waals surface area (Å²) < 4.78 is 0. The van der Waals surface area contributed by atoms with Gasteiger partial charge in [0.25, 0.3) is 11.8 Å². The molecule has 4 aromatic rings. The van der Waals surface area contributed by atoms with Crippen LogP contribution in [0, 0.1) is 13.8 Å². The number of carbonyl (C=O) groups is 3. The van der Waals surface area contributed by atoms with Crippen molar-refractivity contribution in [3.63, 3.8) is 0 Å². The van der Waals surface area contributed by atoms with Crippen LogP contribution in [0.4, 0.5) is 11.4 Å². The molecule has 0 spiro atoms. The molecule has 0 aliphatic heterocycles. The Kier molecular flexibility index (Phi) is 10.1. The number of aryl methyl sites for hydroxylation is 2. The molecule has 208 valence electrons. The highest BCUT2D eigenvalue weighted by atomic mass is 32.2. The molecule has 3 N–H and O–H groups in total. The van der Waals surface area contributed by atoms with Crippen molar-refractivity contribution < 1.29 is 14.4 Å². The Labute approximate surface area is 245 Å². The third-order valence-electron chi connectivity index (χ3n) is 6.32. The largest absolute Gasteiger partial charge is 0.325 e. The third-order valence-corrected chi connectivity index (χ3v) is 7.68. The molecule has 0 fully saturated rings. The molecule has 7 heteroatoms. The van der Waals surface area contributed by atoms with Crippen LogP contribution in [0.15, 0.2) is 114 Å². The highest BCUT2D eigenvalue weighted by Crippen LogP contribution is 2.29. The molecule has 1 atom stereocenters. The maximum atomic E-state index is 13.4. The number of nitrogens with one attached hydrogen (secondary N) is 3. The molecule has 6 nitrogen and oxygen atoms in total. The van der Waals surface area contributed by atoms with Crippen molar-refractivity contribution >= 4 is 46.9 Å². The van der Waals surface area contributed by atoms with Crippen molar-refractivity contribution in [3.8, 4) is 0 Å². The van der Waals surface area contributed by atoms with Crippen LogP contribution in [0.25, 0.3) is 6.08 Å². The van der Waals surface area contributed by atoms with E-state index in [-0.39, 0.29) is 22.8 Å². The van der Waals surface area contributed by atoms with E-state index in [1.807, 2.05) is 93.6 Å².